The third-order valence-corrected chi connectivity index (χ3v) is 2.40. The smallest absolute Gasteiger partial charge is 0.116 e. The fourth-order valence-corrected chi connectivity index (χ4v) is 1.63. The maximum absolute atomic E-state index is 9.37. The van der Waals surface area contributed by atoms with Crippen molar-refractivity contribution in [3.63, 3.8) is 0 Å². The van der Waals surface area contributed by atoms with Crippen molar-refractivity contribution in [2.75, 3.05) is 13.6 Å². The van der Waals surface area contributed by atoms with E-state index >= 15 is 0 Å². The zero-order valence-corrected chi connectivity index (χ0v) is 8.17. The van der Waals surface area contributed by atoms with Crippen LogP contribution in [0.15, 0.2) is 24.4 Å². The molecule has 14 heavy (non-hydrogen) atoms. The molecule has 2 rings (SSSR count). The van der Waals surface area contributed by atoms with Crippen LogP contribution in [0.3, 0.4) is 0 Å². The maximum Gasteiger partial charge on any atom is 0.116 e. The maximum atomic E-state index is 9.37. The number of H-pyrrole nitrogens is 1. The normalized spacial score (nSPS) is 10.9. The highest BCUT2D eigenvalue weighted by molar-refractivity contribution is 5.84. The Kier molecular flexibility index (Phi) is 2.41. The van der Waals surface area contributed by atoms with Gasteiger partial charge >= 0.3 is 0 Å². The van der Waals surface area contributed by atoms with Crippen LogP contribution in [-0.2, 0) is 6.42 Å². The lowest BCUT2D eigenvalue weighted by molar-refractivity contribution is 0.476. The zero-order valence-electron chi connectivity index (χ0n) is 8.17. The second kappa shape index (κ2) is 3.72. The summed E-state index contributed by atoms with van der Waals surface area (Å²) in [5.41, 5.74) is 2.32. The van der Waals surface area contributed by atoms with E-state index in [1.54, 1.807) is 12.1 Å². The summed E-state index contributed by atoms with van der Waals surface area (Å²) in [6, 6.07) is 5.39. The minimum Gasteiger partial charge on any atom is -0.508 e. The standard InChI is InChI=1S/C11H14N2O/c1-12-5-4-8-7-13-11-3-2-9(14)6-10(8)11/h2-3,6-7,12-14H,4-5H2,1H3. The molecule has 0 radical (unpaired) electrons. The molecule has 1 aromatic heterocycles. The van der Waals surface area contributed by atoms with Gasteiger partial charge in [0.1, 0.15) is 5.75 Å². The minimum absolute atomic E-state index is 0.322. The summed E-state index contributed by atoms with van der Waals surface area (Å²) in [5, 5.41) is 13.6. The van der Waals surface area contributed by atoms with E-state index in [0.29, 0.717) is 5.75 Å². The van der Waals surface area contributed by atoms with Crippen LogP contribution in [0.2, 0.25) is 0 Å². The molecule has 0 bridgehead atoms. The summed E-state index contributed by atoms with van der Waals surface area (Å²) in [6.07, 6.45) is 2.97. The molecule has 0 aliphatic heterocycles. The van der Waals surface area contributed by atoms with Gasteiger partial charge in [-0.1, -0.05) is 0 Å². The average molecular weight is 190 g/mol. The van der Waals surface area contributed by atoms with Crippen LogP contribution in [0.5, 0.6) is 5.75 Å². The summed E-state index contributed by atoms with van der Waals surface area (Å²) in [6.45, 7) is 0.947. The zero-order chi connectivity index (χ0) is 9.97. The fraction of sp³-hybridized carbons (Fsp3) is 0.273. The van der Waals surface area contributed by atoms with E-state index in [2.05, 4.69) is 10.3 Å². The Labute approximate surface area is 82.8 Å². The Morgan fingerprint density at radius 3 is 3.07 bits per heavy atom. The van der Waals surface area contributed by atoms with Crippen molar-refractivity contribution in [1.29, 1.82) is 0 Å². The number of phenols is 1. The van der Waals surface area contributed by atoms with E-state index in [-0.39, 0.29) is 0 Å². The molecule has 0 saturated carbocycles. The summed E-state index contributed by atoms with van der Waals surface area (Å²) in [7, 11) is 1.94. The summed E-state index contributed by atoms with van der Waals surface area (Å²) >= 11 is 0. The largest absolute Gasteiger partial charge is 0.508 e. The molecule has 74 valence electrons. The van der Waals surface area contributed by atoms with E-state index < -0.39 is 0 Å². The summed E-state index contributed by atoms with van der Waals surface area (Å²) < 4.78 is 0. The molecule has 0 atom stereocenters. The number of rotatable bonds is 3. The number of likely N-dealkylation sites (N-methyl/N-ethyl adjacent to an activating group) is 1. The van der Waals surface area contributed by atoms with Crippen LogP contribution >= 0.6 is 0 Å². The van der Waals surface area contributed by atoms with Gasteiger partial charge in [-0.15, -0.1) is 0 Å². The molecule has 0 spiro atoms. The Morgan fingerprint density at radius 2 is 2.29 bits per heavy atom. The second-order valence-electron chi connectivity index (χ2n) is 3.40. The molecule has 0 aliphatic rings. The molecule has 0 fully saturated rings. The van der Waals surface area contributed by atoms with Crippen LogP contribution in [-0.4, -0.2) is 23.7 Å². The predicted molar refractivity (Wildman–Crippen MR) is 57.6 cm³/mol. The van der Waals surface area contributed by atoms with Crippen LogP contribution < -0.4 is 5.32 Å². The number of hydrogen-bond acceptors (Lipinski definition) is 2. The molecule has 1 aromatic carbocycles. The molecule has 3 heteroatoms. The SMILES string of the molecule is CNCCc1c[nH]c2ccc(O)cc12. The average Bonchev–Trinajstić information content (AvgIpc) is 2.57. The molecule has 0 aliphatic carbocycles. The van der Waals surface area contributed by atoms with E-state index in [4.69, 9.17) is 0 Å². The first-order valence-corrected chi connectivity index (χ1v) is 4.75. The number of benzene rings is 1. The molecule has 0 unspecified atom stereocenters. The van der Waals surface area contributed by atoms with Crippen LogP contribution in [0.1, 0.15) is 5.56 Å². The van der Waals surface area contributed by atoms with E-state index in [9.17, 15) is 5.11 Å². The van der Waals surface area contributed by atoms with Gasteiger partial charge in [0.05, 0.1) is 0 Å². The Bertz CT molecular complexity index is 434. The van der Waals surface area contributed by atoms with Gasteiger partial charge in [0.2, 0.25) is 0 Å². The molecule has 0 saturated heterocycles. The lowest BCUT2D eigenvalue weighted by atomic mass is 10.1. The van der Waals surface area contributed by atoms with Crippen molar-refractivity contribution >= 4 is 10.9 Å². The molecule has 3 nitrogen and oxygen atoms in total. The molecule has 3 N–H and O–H groups in total. The third-order valence-electron chi connectivity index (χ3n) is 2.40. The molecule has 1 heterocycles. The lowest BCUT2D eigenvalue weighted by Gasteiger charge is -1.98. The number of hydrogen-bond donors (Lipinski definition) is 3. The fourth-order valence-electron chi connectivity index (χ4n) is 1.63. The van der Waals surface area contributed by atoms with Gasteiger partial charge < -0.3 is 15.4 Å². The molecule has 0 amide bonds. The monoisotopic (exact) mass is 190 g/mol. The Hall–Kier alpha value is -1.48. The first-order chi connectivity index (χ1) is 6.81. The topological polar surface area (TPSA) is 48.0 Å². The number of aromatic hydroxyl groups is 1. The van der Waals surface area contributed by atoms with Crippen molar-refractivity contribution in [1.82, 2.24) is 10.3 Å². The van der Waals surface area contributed by atoms with Gasteiger partial charge in [0.25, 0.3) is 0 Å². The lowest BCUT2D eigenvalue weighted by Crippen LogP contribution is -2.09. The van der Waals surface area contributed by atoms with E-state index in [0.717, 1.165) is 23.9 Å². The van der Waals surface area contributed by atoms with Crippen LogP contribution in [0.4, 0.5) is 0 Å². The molecular formula is C11H14N2O. The second-order valence-corrected chi connectivity index (χ2v) is 3.40. The van der Waals surface area contributed by atoms with E-state index in [1.165, 1.54) is 5.56 Å². The summed E-state index contributed by atoms with van der Waals surface area (Å²) in [4.78, 5) is 3.19. The number of aromatic amines is 1. The van der Waals surface area contributed by atoms with Gasteiger partial charge in [-0.05, 0) is 43.8 Å². The highest BCUT2D eigenvalue weighted by Crippen LogP contribution is 2.22. The third kappa shape index (κ3) is 1.59. The number of phenolic OH excluding ortho intramolecular Hbond substituents is 1. The first-order valence-electron chi connectivity index (χ1n) is 4.75. The van der Waals surface area contributed by atoms with Crippen molar-refractivity contribution in [3.05, 3.63) is 30.0 Å². The Morgan fingerprint density at radius 1 is 1.43 bits per heavy atom. The van der Waals surface area contributed by atoms with Crippen molar-refractivity contribution in [3.8, 4) is 5.75 Å². The van der Waals surface area contributed by atoms with Crippen LogP contribution in [0, 0.1) is 0 Å². The van der Waals surface area contributed by atoms with Gasteiger partial charge in [-0.2, -0.15) is 0 Å². The predicted octanol–water partition coefficient (Wildman–Crippen LogP) is 1.64. The highest BCUT2D eigenvalue weighted by atomic mass is 16.3. The highest BCUT2D eigenvalue weighted by Gasteiger charge is 2.03. The quantitative estimate of drug-likeness (QED) is 0.689. The van der Waals surface area contributed by atoms with Gasteiger partial charge in [-0.25, -0.2) is 0 Å². The van der Waals surface area contributed by atoms with E-state index in [1.807, 2.05) is 19.3 Å². The first kappa shape index (κ1) is 9.09. The number of nitrogens with one attached hydrogen (secondary N) is 2. The van der Waals surface area contributed by atoms with Gasteiger partial charge in [0.15, 0.2) is 0 Å². The van der Waals surface area contributed by atoms with Crippen molar-refractivity contribution < 1.29 is 5.11 Å². The number of aromatic nitrogens is 1. The summed E-state index contributed by atoms with van der Waals surface area (Å²) in [5.74, 6) is 0.322. The molecule has 2 aromatic rings. The van der Waals surface area contributed by atoms with Crippen LogP contribution in [0.25, 0.3) is 10.9 Å². The minimum atomic E-state index is 0.322. The van der Waals surface area contributed by atoms with Gasteiger partial charge in [-0.3, -0.25) is 0 Å². The van der Waals surface area contributed by atoms with Crippen molar-refractivity contribution in [2.45, 2.75) is 6.42 Å². The number of fused-ring (bicyclic) bond motifs is 1. The molecular weight excluding hydrogens is 176 g/mol. The Balaban J connectivity index is 2.40. The van der Waals surface area contributed by atoms with Crippen molar-refractivity contribution in [2.24, 2.45) is 0 Å². The van der Waals surface area contributed by atoms with Gasteiger partial charge in [0, 0.05) is 17.1 Å².